The summed E-state index contributed by atoms with van der Waals surface area (Å²) in [7, 11) is 0. The van der Waals surface area contributed by atoms with Gasteiger partial charge in [-0.2, -0.15) is 0 Å². The summed E-state index contributed by atoms with van der Waals surface area (Å²) in [5.74, 6) is 1.58. The Labute approximate surface area is 109 Å². The van der Waals surface area contributed by atoms with E-state index in [1.165, 1.54) is 25.7 Å². The molecule has 1 aromatic rings. The highest BCUT2D eigenvalue weighted by Gasteiger charge is 2.21. The van der Waals surface area contributed by atoms with Gasteiger partial charge >= 0.3 is 0 Å². The van der Waals surface area contributed by atoms with Crippen molar-refractivity contribution in [3.63, 3.8) is 0 Å². The van der Waals surface area contributed by atoms with Crippen molar-refractivity contribution in [2.75, 3.05) is 6.61 Å². The summed E-state index contributed by atoms with van der Waals surface area (Å²) in [6.07, 6.45) is 5.67. The minimum Gasteiger partial charge on any atom is -0.493 e. The molecule has 18 heavy (non-hydrogen) atoms. The number of aryl methyl sites for hydroxylation is 1. The van der Waals surface area contributed by atoms with Crippen LogP contribution in [-0.2, 0) is 0 Å². The zero-order chi connectivity index (χ0) is 13.0. The zero-order valence-corrected chi connectivity index (χ0v) is 11.4. The average Bonchev–Trinajstić information content (AvgIpc) is 2.84. The number of rotatable bonds is 5. The van der Waals surface area contributed by atoms with Gasteiger partial charge in [-0.15, -0.1) is 0 Å². The van der Waals surface area contributed by atoms with Crippen LogP contribution in [0.3, 0.4) is 0 Å². The summed E-state index contributed by atoms with van der Waals surface area (Å²) >= 11 is 0. The standard InChI is InChI=1S/C16H22O2/c1-3-18-16-9-8-12(2)10-14(16)15(17)11-13-6-4-5-7-13/h8-10,13H,3-7,11H2,1-2H3. The van der Waals surface area contributed by atoms with Crippen LogP contribution in [0.4, 0.5) is 0 Å². The molecule has 1 aliphatic carbocycles. The fraction of sp³-hybridized carbons (Fsp3) is 0.562. The molecule has 1 saturated carbocycles. The Hall–Kier alpha value is -1.31. The topological polar surface area (TPSA) is 26.3 Å². The third-order valence-corrected chi connectivity index (χ3v) is 3.68. The highest BCUT2D eigenvalue weighted by molar-refractivity contribution is 5.99. The highest BCUT2D eigenvalue weighted by Crippen LogP contribution is 2.30. The summed E-state index contributed by atoms with van der Waals surface area (Å²) in [6.45, 7) is 4.57. The van der Waals surface area contributed by atoms with E-state index in [9.17, 15) is 4.79 Å². The van der Waals surface area contributed by atoms with E-state index in [4.69, 9.17) is 4.74 Å². The van der Waals surface area contributed by atoms with Gasteiger partial charge in [-0.3, -0.25) is 4.79 Å². The van der Waals surface area contributed by atoms with Crippen LogP contribution in [0.1, 0.15) is 54.9 Å². The average molecular weight is 246 g/mol. The molecule has 0 saturated heterocycles. The summed E-state index contributed by atoms with van der Waals surface area (Å²) in [4.78, 5) is 12.4. The fourth-order valence-corrected chi connectivity index (χ4v) is 2.73. The first-order valence-corrected chi connectivity index (χ1v) is 6.97. The lowest BCUT2D eigenvalue weighted by atomic mass is 9.96. The van der Waals surface area contributed by atoms with E-state index >= 15 is 0 Å². The second kappa shape index (κ2) is 6.03. The molecule has 1 fully saturated rings. The van der Waals surface area contributed by atoms with E-state index in [-0.39, 0.29) is 5.78 Å². The van der Waals surface area contributed by atoms with Crippen LogP contribution < -0.4 is 4.74 Å². The van der Waals surface area contributed by atoms with Gasteiger partial charge in [-0.25, -0.2) is 0 Å². The largest absolute Gasteiger partial charge is 0.493 e. The molecule has 0 radical (unpaired) electrons. The molecule has 2 rings (SSSR count). The molecule has 0 spiro atoms. The molecule has 2 nitrogen and oxygen atoms in total. The number of ether oxygens (including phenoxy) is 1. The zero-order valence-electron chi connectivity index (χ0n) is 11.4. The van der Waals surface area contributed by atoms with Crippen LogP contribution >= 0.6 is 0 Å². The van der Waals surface area contributed by atoms with Crippen LogP contribution in [0.15, 0.2) is 18.2 Å². The number of hydrogen-bond donors (Lipinski definition) is 0. The number of carbonyl (C=O) groups is 1. The van der Waals surface area contributed by atoms with Crippen LogP contribution in [-0.4, -0.2) is 12.4 Å². The second-order valence-electron chi connectivity index (χ2n) is 5.21. The quantitative estimate of drug-likeness (QED) is 0.729. The van der Waals surface area contributed by atoms with E-state index < -0.39 is 0 Å². The predicted octanol–water partition coefficient (Wildman–Crippen LogP) is 4.16. The van der Waals surface area contributed by atoms with Gasteiger partial charge in [0.15, 0.2) is 5.78 Å². The molecule has 0 aliphatic heterocycles. The predicted molar refractivity (Wildman–Crippen MR) is 73.3 cm³/mol. The van der Waals surface area contributed by atoms with Gasteiger partial charge in [0.25, 0.3) is 0 Å². The molecule has 0 amide bonds. The molecule has 1 aromatic carbocycles. The Kier molecular flexibility index (Phi) is 4.40. The summed E-state index contributed by atoms with van der Waals surface area (Å²) in [6, 6.07) is 5.88. The maximum atomic E-state index is 12.4. The molecule has 0 heterocycles. The first-order valence-electron chi connectivity index (χ1n) is 6.97. The van der Waals surface area contributed by atoms with Gasteiger partial charge in [-0.1, -0.05) is 37.3 Å². The third-order valence-electron chi connectivity index (χ3n) is 3.68. The smallest absolute Gasteiger partial charge is 0.166 e. The van der Waals surface area contributed by atoms with Crippen molar-refractivity contribution in [3.05, 3.63) is 29.3 Å². The van der Waals surface area contributed by atoms with E-state index in [2.05, 4.69) is 0 Å². The maximum Gasteiger partial charge on any atom is 0.166 e. The number of Topliss-reactive ketones (excluding diaryl/α,β-unsaturated/α-hetero) is 1. The van der Waals surface area contributed by atoms with Gasteiger partial charge in [0, 0.05) is 6.42 Å². The van der Waals surface area contributed by atoms with Gasteiger partial charge in [0.05, 0.1) is 12.2 Å². The molecular weight excluding hydrogens is 224 g/mol. The summed E-state index contributed by atoms with van der Waals surface area (Å²) in [5.41, 5.74) is 1.89. The summed E-state index contributed by atoms with van der Waals surface area (Å²) < 4.78 is 5.56. The molecule has 0 aromatic heterocycles. The fourth-order valence-electron chi connectivity index (χ4n) is 2.73. The Balaban J connectivity index is 2.14. The number of carbonyl (C=O) groups excluding carboxylic acids is 1. The molecule has 0 N–H and O–H groups in total. The second-order valence-corrected chi connectivity index (χ2v) is 5.21. The monoisotopic (exact) mass is 246 g/mol. The van der Waals surface area contributed by atoms with E-state index in [0.717, 1.165) is 16.9 Å². The molecule has 2 heteroatoms. The van der Waals surface area contributed by atoms with Crippen molar-refractivity contribution >= 4 is 5.78 Å². The lowest BCUT2D eigenvalue weighted by Gasteiger charge is -2.12. The Morgan fingerprint density at radius 2 is 2.06 bits per heavy atom. The molecule has 1 aliphatic rings. The van der Waals surface area contributed by atoms with Gasteiger partial charge < -0.3 is 4.74 Å². The summed E-state index contributed by atoms with van der Waals surface area (Å²) in [5, 5.41) is 0. The van der Waals surface area contributed by atoms with Crippen molar-refractivity contribution in [1.29, 1.82) is 0 Å². The number of benzene rings is 1. The Morgan fingerprint density at radius 1 is 1.33 bits per heavy atom. The van der Waals surface area contributed by atoms with Crippen molar-refractivity contribution in [3.8, 4) is 5.75 Å². The van der Waals surface area contributed by atoms with Gasteiger partial charge in [-0.05, 0) is 31.9 Å². The van der Waals surface area contributed by atoms with Crippen LogP contribution in [0.2, 0.25) is 0 Å². The van der Waals surface area contributed by atoms with Gasteiger partial charge in [0.2, 0.25) is 0 Å². The Morgan fingerprint density at radius 3 is 2.72 bits per heavy atom. The molecule has 0 bridgehead atoms. The van der Waals surface area contributed by atoms with Crippen molar-refractivity contribution < 1.29 is 9.53 Å². The van der Waals surface area contributed by atoms with Crippen LogP contribution in [0.5, 0.6) is 5.75 Å². The maximum absolute atomic E-state index is 12.4. The lowest BCUT2D eigenvalue weighted by molar-refractivity contribution is 0.0958. The minimum atomic E-state index is 0.244. The van der Waals surface area contributed by atoms with Crippen molar-refractivity contribution in [2.45, 2.75) is 46.0 Å². The normalized spacial score (nSPS) is 15.9. The number of ketones is 1. The third kappa shape index (κ3) is 3.12. The first-order chi connectivity index (χ1) is 8.70. The minimum absolute atomic E-state index is 0.244. The number of hydrogen-bond acceptors (Lipinski definition) is 2. The SMILES string of the molecule is CCOc1ccc(C)cc1C(=O)CC1CCCC1. The molecule has 0 atom stereocenters. The van der Waals surface area contributed by atoms with Crippen LogP contribution in [0, 0.1) is 12.8 Å². The van der Waals surface area contributed by atoms with Gasteiger partial charge in [0.1, 0.15) is 5.75 Å². The highest BCUT2D eigenvalue weighted by atomic mass is 16.5. The van der Waals surface area contributed by atoms with E-state index in [1.54, 1.807) is 0 Å². The first kappa shape index (κ1) is 13.1. The van der Waals surface area contributed by atoms with E-state index in [0.29, 0.717) is 18.9 Å². The molecule has 0 unspecified atom stereocenters. The van der Waals surface area contributed by atoms with E-state index in [1.807, 2.05) is 32.0 Å². The van der Waals surface area contributed by atoms with Crippen molar-refractivity contribution in [1.82, 2.24) is 0 Å². The van der Waals surface area contributed by atoms with Crippen LogP contribution in [0.25, 0.3) is 0 Å². The lowest BCUT2D eigenvalue weighted by Crippen LogP contribution is -2.08. The molecule has 98 valence electrons. The van der Waals surface area contributed by atoms with Crippen molar-refractivity contribution in [2.24, 2.45) is 5.92 Å². The molecular formula is C16H22O2. The Bertz CT molecular complexity index is 417.